The third-order valence-electron chi connectivity index (χ3n) is 1.86. The SMILES string of the molecule is COCC(C)OCC(O)CSC(C)C(=O)O. The number of rotatable bonds is 9. The Hall–Kier alpha value is -0.300. The summed E-state index contributed by atoms with van der Waals surface area (Å²) in [5.74, 6) is -0.515. The van der Waals surface area contributed by atoms with Gasteiger partial charge in [0.15, 0.2) is 0 Å². The van der Waals surface area contributed by atoms with Gasteiger partial charge in [0, 0.05) is 12.9 Å². The summed E-state index contributed by atoms with van der Waals surface area (Å²) in [5, 5.41) is 17.6. The molecule has 0 aromatic carbocycles. The second-order valence-corrected chi connectivity index (χ2v) is 4.94. The van der Waals surface area contributed by atoms with Gasteiger partial charge >= 0.3 is 5.97 Å². The van der Waals surface area contributed by atoms with Crippen LogP contribution in [0.15, 0.2) is 0 Å². The lowest BCUT2D eigenvalue weighted by Gasteiger charge is -2.16. The average molecular weight is 252 g/mol. The van der Waals surface area contributed by atoms with Crippen LogP contribution in [0.5, 0.6) is 0 Å². The lowest BCUT2D eigenvalue weighted by atomic mass is 10.4. The molecule has 96 valence electrons. The van der Waals surface area contributed by atoms with E-state index in [2.05, 4.69) is 0 Å². The Morgan fingerprint density at radius 3 is 2.50 bits per heavy atom. The summed E-state index contributed by atoms with van der Waals surface area (Å²) < 4.78 is 10.2. The minimum absolute atomic E-state index is 0.0680. The molecule has 0 saturated carbocycles. The van der Waals surface area contributed by atoms with Crippen molar-refractivity contribution in [2.45, 2.75) is 31.3 Å². The van der Waals surface area contributed by atoms with Gasteiger partial charge in [0.1, 0.15) is 0 Å². The molecule has 0 saturated heterocycles. The molecule has 6 heteroatoms. The molecule has 3 atom stereocenters. The predicted molar refractivity (Wildman–Crippen MR) is 62.9 cm³/mol. The lowest BCUT2D eigenvalue weighted by molar-refractivity contribution is -0.136. The number of carbonyl (C=O) groups is 1. The topological polar surface area (TPSA) is 76.0 Å². The summed E-state index contributed by atoms with van der Waals surface area (Å²) in [4.78, 5) is 10.5. The van der Waals surface area contributed by atoms with Gasteiger partial charge in [-0.05, 0) is 13.8 Å². The van der Waals surface area contributed by atoms with Crippen LogP contribution in [-0.4, -0.2) is 59.7 Å². The van der Waals surface area contributed by atoms with E-state index in [1.165, 1.54) is 11.8 Å². The van der Waals surface area contributed by atoms with E-state index in [9.17, 15) is 9.90 Å². The number of ether oxygens (including phenoxy) is 2. The first-order valence-corrected chi connectivity index (χ1v) is 6.15. The van der Waals surface area contributed by atoms with Crippen LogP contribution >= 0.6 is 11.8 Å². The van der Waals surface area contributed by atoms with Crippen LogP contribution in [0.1, 0.15) is 13.8 Å². The van der Waals surface area contributed by atoms with Gasteiger partial charge in [-0.1, -0.05) is 0 Å². The van der Waals surface area contributed by atoms with Crippen molar-refractivity contribution in [1.29, 1.82) is 0 Å². The third-order valence-corrected chi connectivity index (χ3v) is 3.14. The largest absolute Gasteiger partial charge is 0.480 e. The Morgan fingerprint density at radius 2 is 2.00 bits per heavy atom. The first-order chi connectivity index (χ1) is 7.47. The van der Waals surface area contributed by atoms with Gasteiger partial charge < -0.3 is 19.7 Å². The summed E-state index contributed by atoms with van der Waals surface area (Å²) in [5.41, 5.74) is 0. The lowest BCUT2D eigenvalue weighted by Crippen LogP contribution is -2.25. The molecule has 0 amide bonds. The number of hydrogen-bond acceptors (Lipinski definition) is 5. The van der Waals surface area contributed by atoms with Gasteiger partial charge in [0.2, 0.25) is 0 Å². The van der Waals surface area contributed by atoms with E-state index in [4.69, 9.17) is 14.6 Å². The van der Waals surface area contributed by atoms with Gasteiger partial charge in [0.25, 0.3) is 0 Å². The molecular formula is C10H20O5S. The van der Waals surface area contributed by atoms with Crippen molar-refractivity contribution in [3.63, 3.8) is 0 Å². The molecule has 2 N–H and O–H groups in total. The molecule has 0 fully saturated rings. The van der Waals surface area contributed by atoms with Crippen molar-refractivity contribution < 1.29 is 24.5 Å². The molecule has 0 aliphatic carbocycles. The third kappa shape index (κ3) is 7.92. The monoisotopic (exact) mass is 252 g/mol. The molecule has 0 rings (SSSR count). The predicted octanol–water partition coefficient (Wildman–Crippen LogP) is 0.605. The van der Waals surface area contributed by atoms with Crippen molar-refractivity contribution in [1.82, 2.24) is 0 Å². The average Bonchev–Trinajstić information content (AvgIpc) is 2.23. The zero-order chi connectivity index (χ0) is 12.6. The van der Waals surface area contributed by atoms with Crippen LogP contribution in [-0.2, 0) is 14.3 Å². The van der Waals surface area contributed by atoms with E-state index in [1.54, 1.807) is 14.0 Å². The maximum Gasteiger partial charge on any atom is 0.316 e. The molecule has 0 radical (unpaired) electrons. The molecule has 0 aliphatic heterocycles. The summed E-state index contributed by atoms with van der Waals surface area (Å²) in [6.45, 7) is 4.12. The maximum absolute atomic E-state index is 10.5. The zero-order valence-electron chi connectivity index (χ0n) is 9.88. The standard InChI is InChI=1S/C10H20O5S/c1-7(4-14-3)15-5-9(11)6-16-8(2)10(12)13/h7-9,11H,4-6H2,1-3H3,(H,12,13). The smallest absolute Gasteiger partial charge is 0.316 e. The Labute approximate surface area is 100 Å². The van der Waals surface area contributed by atoms with Gasteiger partial charge in [-0.25, -0.2) is 0 Å². The van der Waals surface area contributed by atoms with E-state index in [0.717, 1.165) is 0 Å². The van der Waals surface area contributed by atoms with Gasteiger partial charge in [0.05, 0.1) is 30.7 Å². The van der Waals surface area contributed by atoms with Gasteiger partial charge in [-0.2, -0.15) is 0 Å². The van der Waals surface area contributed by atoms with E-state index < -0.39 is 17.3 Å². The van der Waals surface area contributed by atoms with Crippen LogP contribution in [0.2, 0.25) is 0 Å². The molecule has 3 unspecified atom stereocenters. The van der Waals surface area contributed by atoms with Crippen LogP contribution < -0.4 is 0 Å². The minimum atomic E-state index is -0.870. The number of aliphatic hydroxyl groups is 1. The quantitative estimate of drug-likeness (QED) is 0.626. The van der Waals surface area contributed by atoms with Crippen molar-refractivity contribution >= 4 is 17.7 Å². The number of hydrogen-bond donors (Lipinski definition) is 2. The summed E-state index contributed by atoms with van der Waals surface area (Å²) in [6.07, 6.45) is -0.715. The Bertz CT molecular complexity index is 200. The Kier molecular flexibility index (Phi) is 8.64. The van der Waals surface area contributed by atoms with Gasteiger partial charge in [-0.15, -0.1) is 11.8 Å². The molecule has 16 heavy (non-hydrogen) atoms. The van der Waals surface area contributed by atoms with Crippen molar-refractivity contribution in [3.8, 4) is 0 Å². The number of carboxylic acids is 1. The highest BCUT2D eigenvalue weighted by atomic mass is 32.2. The summed E-state index contributed by atoms with van der Waals surface area (Å²) >= 11 is 1.20. The Balaban J connectivity index is 3.58. The molecule has 5 nitrogen and oxygen atoms in total. The van der Waals surface area contributed by atoms with Crippen molar-refractivity contribution in [3.05, 3.63) is 0 Å². The van der Waals surface area contributed by atoms with E-state index in [1.807, 2.05) is 6.92 Å². The molecule has 0 aromatic heterocycles. The number of thioether (sulfide) groups is 1. The summed E-state index contributed by atoms with van der Waals surface area (Å²) in [7, 11) is 1.58. The first-order valence-electron chi connectivity index (χ1n) is 5.10. The fraction of sp³-hybridized carbons (Fsp3) is 0.900. The highest BCUT2D eigenvalue weighted by Gasteiger charge is 2.14. The molecule has 0 aliphatic rings. The number of aliphatic carboxylic acids is 1. The second kappa shape index (κ2) is 8.81. The van der Waals surface area contributed by atoms with Crippen molar-refractivity contribution in [2.24, 2.45) is 0 Å². The number of methoxy groups -OCH3 is 1. The molecule has 0 aromatic rings. The van der Waals surface area contributed by atoms with Crippen LogP contribution in [0.4, 0.5) is 0 Å². The van der Waals surface area contributed by atoms with E-state index >= 15 is 0 Å². The zero-order valence-corrected chi connectivity index (χ0v) is 10.7. The molecule has 0 heterocycles. The second-order valence-electron chi connectivity index (χ2n) is 3.57. The van der Waals surface area contributed by atoms with Crippen LogP contribution in [0.3, 0.4) is 0 Å². The fourth-order valence-electron chi connectivity index (χ4n) is 0.933. The molecule has 0 bridgehead atoms. The highest BCUT2D eigenvalue weighted by molar-refractivity contribution is 8.00. The number of aliphatic hydroxyl groups excluding tert-OH is 1. The van der Waals surface area contributed by atoms with Gasteiger partial charge in [-0.3, -0.25) is 4.79 Å². The minimum Gasteiger partial charge on any atom is -0.480 e. The van der Waals surface area contributed by atoms with Crippen LogP contribution in [0.25, 0.3) is 0 Å². The maximum atomic E-state index is 10.5. The fourth-order valence-corrected chi connectivity index (χ4v) is 1.68. The molecule has 0 spiro atoms. The summed E-state index contributed by atoms with van der Waals surface area (Å²) in [6, 6.07) is 0. The van der Waals surface area contributed by atoms with Crippen molar-refractivity contribution in [2.75, 3.05) is 26.1 Å². The van der Waals surface area contributed by atoms with Crippen LogP contribution in [0, 0.1) is 0 Å². The number of carboxylic acid groups (broad SMARTS) is 1. The first kappa shape index (κ1) is 15.7. The van der Waals surface area contributed by atoms with E-state index in [-0.39, 0.29) is 12.7 Å². The Morgan fingerprint density at radius 1 is 1.38 bits per heavy atom. The molecular weight excluding hydrogens is 232 g/mol. The normalized spacial score (nSPS) is 16.8. The highest BCUT2D eigenvalue weighted by Crippen LogP contribution is 2.12. The van der Waals surface area contributed by atoms with E-state index in [0.29, 0.717) is 12.4 Å².